The van der Waals surface area contributed by atoms with Gasteiger partial charge in [0.15, 0.2) is 5.17 Å². The first-order chi connectivity index (χ1) is 14.9. The summed E-state index contributed by atoms with van der Waals surface area (Å²) >= 11 is 1.59. The summed E-state index contributed by atoms with van der Waals surface area (Å²) in [7, 11) is -1.43. The van der Waals surface area contributed by atoms with E-state index < -0.39 is 7.60 Å². The average molecular weight is 457 g/mol. The van der Waals surface area contributed by atoms with Crippen LogP contribution in [0.25, 0.3) is 6.08 Å². The van der Waals surface area contributed by atoms with E-state index >= 15 is 0 Å². The highest BCUT2D eigenvalue weighted by atomic mass is 32.2. The van der Waals surface area contributed by atoms with Crippen LogP contribution in [0.5, 0.6) is 0 Å². The Morgan fingerprint density at radius 3 is 2.45 bits per heavy atom. The van der Waals surface area contributed by atoms with E-state index in [4.69, 9.17) is 14.0 Å². The van der Waals surface area contributed by atoms with Crippen LogP contribution in [-0.2, 0) is 19.8 Å². The Kier molecular flexibility index (Phi) is 6.49. The molecule has 0 N–H and O–H groups in total. The number of carbonyl (C=O) groups excluding carboxylic acids is 1. The van der Waals surface area contributed by atoms with Crippen molar-refractivity contribution in [3.05, 3.63) is 76.5 Å². The minimum Gasteiger partial charge on any atom is -0.309 e. The van der Waals surface area contributed by atoms with E-state index in [1.54, 1.807) is 61.8 Å². The molecule has 2 aromatic carbocycles. The molecule has 6 nitrogen and oxygen atoms in total. The Labute approximate surface area is 186 Å². The minimum absolute atomic E-state index is 0.135. The number of hydrogen-bond acceptors (Lipinski definition) is 6. The normalized spacial score (nSPS) is 17.1. The number of amidine groups is 1. The smallest absolute Gasteiger partial charge is 0.309 e. The summed E-state index contributed by atoms with van der Waals surface area (Å²) in [4.78, 5) is 19.3. The van der Waals surface area contributed by atoms with Crippen molar-refractivity contribution in [3.63, 3.8) is 0 Å². The topological polar surface area (TPSA) is 68.2 Å². The molecular weight excluding hydrogens is 431 g/mol. The Bertz CT molecular complexity index is 1090. The van der Waals surface area contributed by atoms with Gasteiger partial charge in [-0.15, -0.1) is 0 Å². The number of aliphatic imine (C=N–C) groups is 1. The van der Waals surface area contributed by atoms with Crippen molar-refractivity contribution in [2.45, 2.75) is 25.3 Å². The van der Waals surface area contributed by atoms with E-state index in [0.29, 0.717) is 23.9 Å². The molecule has 0 saturated heterocycles. The summed E-state index contributed by atoms with van der Waals surface area (Å²) in [6.45, 7) is 4.21. The van der Waals surface area contributed by atoms with Crippen LogP contribution >= 0.6 is 19.4 Å². The zero-order valence-corrected chi connectivity index (χ0v) is 19.5. The number of fused-ring (bicyclic) bond motifs is 3. The van der Waals surface area contributed by atoms with E-state index in [1.807, 2.05) is 12.1 Å². The van der Waals surface area contributed by atoms with Gasteiger partial charge in [-0.2, -0.15) is 0 Å². The highest BCUT2D eigenvalue weighted by Crippen LogP contribution is 2.51. The molecule has 0 bridgehead atoms. The van der Waals surface area contributed by atoms with Crippen molar-refractivity contribution in [1.29, 1.82) is 0 Å². The molecule has 1 amide bonds. The number of amides is 1. The van der Waals surface area contributed by atoms with Gasteiger partial charge in [0.05, 0.1) is 30.3 Å². The summed E-state index contributed by atoms with van der Waals surface area (Å²) in [5, 5.41) is 0.840. The zero-order chi connectivity index (χ0) is 22.0. The third-order valence-corrected chi connectivity index (χ3v) is 8.48. The maximum atomic E-state index is 13.0. The molecule has 1 unspecified atom stereocenters. The molecule has 8 heteroatoms. The zero-order valence-electron chi connectivity index (χ0n) is 17.8. The van der Waals surface area contributed by atoms with Crippen molar-refractivity contribution < 1.29 is 18.4 Å². The molecule has 0 aromatic heterocycles. The van der Waals surface area contributed by atoms with Gasteiger partial charge < -0.3 is 9.05 Å². The van der Waals surface area contributed by atoms with Gasteiger partial charge in [0.1, 0.15) is 0 Å². The maximum absolute atomic E-state index is 13.0. The van der Waals surface area contributed by atoms with Gasteiger partial charge in [0, 0.05) is 12.6 Å². The Hall–Kier alpha value is -2.18. The van der Waals surface area contributed by atoms with Crippen molar-refractivity contribution in [2.75, 3.05) is 20.3 Å². The monoisotopic (exact) mass is 456 g/mol. The number of nitrogens with zero attached hydrogens (tertiary/aromatic N) is 2. The van der Waals surface area contributed by atoms with Crippen molar-refractivity contribution in [1.82, 2.24) is 4.90 Å². The van der Waals surface area contributed by atoms with Crippen LogP contribution in [0.2, 0.25) is 0 Å². The van der Waals surface area contributed by atoms with Gasteiger partial charge in [0.25, 0.3) is 5.91 Å². The van der Waals surface area contributed by atoms with Gasteiger partial charge in [0.2, 0.25) is 0 Å². The molecular formula is C23H25N2O4PS. The van der Waals surface area contributed by atoms with Gasteiger partial charge in [-0.25, -0.2) is 4.99 Å². The largest absolute Gasteiger partial charge is 0.335 e. The molecule has 0 fully saturated rings. The lowest BCUT2D eigenvalue weighted by Gasteiger charge is -2.18. The molecule has 4 rings (SSSR count). The summed E-state index contributed by atoms with van der Waals surface area (Å²) in [6.07, 6.45) is 2.26. The van der Waals surface area contributed by atoms with Crippen molar-refractivity contribution in [2.24, 2.45) is 4.99 Å². The first-order valence-corrected chi connectivity index (χ1v) is 12.9. The summed E-state index contributed by atoms with van der Waals surface area (Å²) < 4.78 is 23.4. The Morgan fingerprint density at radius 1 is 1.10 bits per heavy atom. The van der Waals surface area contributed by atoms with Crippen LogP contribution in [0.1, 0.15) is 46.1 Å². The molecule has 2 aromatic rings. The van der Waals surface area contributed by atoms with E-state index in [1.165, 1.54) is 11.1 Å². The second kappa shape index (κ2) is 9.13. The SMILES string of the molecule is CCOP(=O)(Cc1ccc(C(=O)N(C)C2=NC3=Cc4ccccc4C3S2)cc1)OCC. The second-order valence-corrected chi connectivity index (χ2v) is 10.4. The molecule has 1 aliphatic carbocycles. The maximum Gasteiger partial charge on any atom is 0.335 e. The van der Waals surface area contributed by atoms with Crippen LogP contribution in [0.4, 0.5) is 0 Å². The van der Waals surface area contributed by atoms with Crippen LogP contribution in [0.15, 0.2) is 59.2 Å². The number of benzene rings is 2. The Morgan fingerprint density at radius 2 is 1.77 bits per heavy atom. The standard InChI is InChI=1S/C23H25N2O4PS/c1-4-28-30(27,29-5-2)15-16-10-12-17(13-11-16)22(26)25(3)23-24-20-14-18-8-6-7-9-19(18)21(20)31-23/h6-14,21H,4-5,15H2,1-3H3. The lowest BCUT2D eigenvalue weighted by molar-refractivity contribution is 0.0874. The number of rotatable bonds is 7. The molecule has 0 radical (unpaired) electrons. The molecule has 31 heavy (non-hydrogen) atoms. The molecule has 1 aliphatic heterocycles. The third kappa shape index (κ3) is 4.55. The summed E-state index contributed by atoms with van der Waals surface area (Å²) in [5.74, 6) is -0.135. The lowest BCUT2D eigenvalue weighted by atomic mass is 10.1. The third-order valence-electron chi connectivity index (χ3n) is 5.12. The van der Waals surface area contributed by atoms with E-state index in [2.05, 4.69) is 18.2 Å². The number of carbonyl (C=O) groups is 1. The van der Waals surface area contributed by atoms with E-state index in [0.717, 1.165) is 11.3 Å². The van der Waals surface area contributed by atoms with E-state index in [9.17, 15) is 9.36 Å². The number of hydrogen-bond donors (Lipinski definition) is 0. The molecule has 1 atom stereocenters. The van der Waals surface area contributed by atoms with Gasteiger partial charge in [-0.05, 0) is 48.7 Å². The van der Waals surface area contributed by atoms with Crippen LogP contribution < -0.4 is 0 Å². The second-order valence-electron chi connectivity index (χ2n) is 7.26. The quantitative estimate of drug-likeness (QED) is 0.498. The highest BCUT2D eigenvalue weighted by Gasteiger charge is 2.35. The summed E-state index contributed by atoms with van der Waals surface area (Å²) in [6, 6.07) is 15.3. The van der Waals surface area contributed by atoms with E-state index in [-0.39, 0.29) is 17.3 Å². The minimum atomic E-state index is -3.18. The molecule has 0 spiro atoms. The van der Waals surface area contributed by atoms with Gasteiger partial charge in [-0.1, -0.05) is 48.2 Å². The van der Waals surface area contributed by atoms with Crippen molar-refractivity contribution >= 4 is 36.5 Å². The molecule has 162 valence electrons. The predicted octanol–water partition coefficient (Wildman–Crippen LogP) is 5.72. The van der Waals surface area contributed by atoms with Crippen LogP contribution in [0.3, 0.4) is 0 Å². The lowest BCUT2D eigenvalue weighted by Crippen LogP contribution is -2.30. The van der Waals surface area contributed by atoms with Gasteiger partial charge >= 0.3 is 7.60 Å². The fourth-order valence-corrected chi connectivity index (χ4v) is 6.56. The Balaban J connectivity index is 1.45. The molecule has 2 aliphatic rings. The first-order valence-electron chi connectivity index (χ1n) is 10.2. The average Bonchev–Trinajstić information content (AvgIpc) is 3.31. The van der Waals surface area contributed by atoms with Crippen LogP contribution in [0, 0.1) is 0 Å². The van der Waals surface area contributed by atoms with Crippen molar-refractivity contribution in [3.8, 4) is 0 Å². The fourth-order valence-electron chi connectivity index (χ4n) is 3.67. The number of thioether (sulfide) groups is 1. The first kappa shape index (κ1) is 22.0. The predicted molar refractivity (Wildman–Crippen MR) is 125 cm³/mol. The molecule has 1 heterocycles. The van der Waals surface area contributed by atoms with Gasteiger partial charge in [-0.3, -0.25) is 14.3 Å². The highest BCUT2D eigenvalue weighted by molar-refractivity contribution is 8.14. The molecule has 0 saturated carbocycles. The van der Waals surface area contributed by atoms with Crippen LogP contribution in [-0.4, -0.2) is 36.2 Å². The summed E-state index contributed by atoms with van der Waals surface area (Å²) in [5.41, 5.74) is 4.76. The fraction of sp³-hybridized carbons (Fsp3) is 0.304.